The number of nitrogens with one attached hydrogen (secondary N) is 1. The minimum absolute atomic E-state index is 0.253. The van der Waals surface area contributed by atoms with E-state index >= 15 is 0 Å². The second-order valence-corrected chi connectivity index (χ2v) is 6.54. The maximum atomic E-state index is 11.1. The molecule has 0 saturated carbocycles. The van der Waals surface area contributed by atoms with E-state index in [0.29, 0.717) is 11.1 Å². The molecule has 0 saturated heterocycles. The lowest BCUT2D eigenvalue weighted by molar-refractivity contribution is 0.555. The molecule has 0 spiro atoms. The third-order valence-electron chi connectivity index (χ3n) is 2.62. The van der Waals surface area contributed by atoms with Crippen LogP contribution in [-0.4, -0.2) is 4.98 Å². The summed E-state index contributed by atoms with van der Waals surface area (Å²) in [5.41, 5.74) is 3.12. The smallest absolute Gasteiger partial charge is 0.408 e. The molecule has 92 valence electrons. The van der Waals surface area contributed by atoms with Crippen LogP contribution in [0.3, 0.4) is 0 Å². The highest BCUT2D eigenvalue weighted by Crippen LogP contribution is 2.34. The summed E-state index contributed by atoms with van der Waals surface area (Å²) >= 11 is 11.4. The van der Waals surface area contributed by atoms with E-state index in [9.17, 15) is 4.79 Å². The van der Waals surface area contributed by atoms with Crippen LogP contribution in [0.1, 0.15) is 16.5 Å². The molecular formula is C12H7BrClNO2S. The lowest BCUT2D eigenvalue weighted by Crippen LogP contribution is -1.92. The highest BCUT2D eigenvalue weighted by molar-refractivity contribution is 9.11. The number of oxazole rings is 1. The fourth-order valence-corrected chi connectivity index (χ4v) is 3.31. The first-order valence-electron chi connectivity index (χ1n) is 5.14. The number of rotatable bonds is 2. The molecule has 2 aromatic heterocycles. The molecule has 1 N–H and O–H groups in total. The van der Waals surface area contributed by atoms with E-state index in [0.717, 1.165) is 14.9 Å². The van der Waals surface area contributed by atoms with Crippen LogP contribution >= 0.6 is 38.9 Å². The number of fused-ring (bicyclic) bond motifs is 1. The number of thiophene rings is 1. The standard InChI is InChI=1S/C12H7BrClNO2S/c13-10-4-7(5-18-10)11(14)6-1-2-8-9(3-6)17-12(16)15-8/h1-5,11H,(H,15,16). The number of hydrogen-bond acceptors (Lipinski definition) is 3. The highest BCUT2D eigenvalue weighted by Gasteiger charge is 2.14. The van der Waals surface area contributed by atoms with E-state index in [4.69, 9.17) is 16.0 Å². The molecule has 0 amide bonds. The molecule has 2 heterocycles. The molecule has 0 fully saturated rings. The summed E-state index contributed by atoms with van der Waals surface area (Å²) < 4.78 is 6.06. The van der Waals surface area contributed by atoms with Crippen LogP contribution in [0.25, 0.3) is 11.1 Å². The number of aromatic amines is 1. The molecule has 0 aliphatic carbocycles. The summed E-state index contributed by atoms with van der Waals surface area (Å²) in [5.74, 6) is -0.452. The largest absolute Gasteiger partial charge is 0.417 e. The number of aromatic nitrogens is 1. The van der Waals surface area contributed by atoms with Crippen LogP contribution in [0.4, 0.5) is 0 Å². The highest BCUT2D eigenvalue weighted by atomic mass is 79.9. The Hall–Kier alpha value is -1.04. The molecule has 0 aliphatic rings. The Kier molecular flexibility index (Phi) is 3.05. The van der Waals surface area contributed by atoms with Crippen molar-refractivity contribution in [3.05, 3.63) is 55.1 Å². The summed E-state index contributed by atoms with van der Waals surface area (Å²) in [6, 6.07) is 7.46. The zero-order valence-electron chi connectivity index (χ0n) is 8.94. The number of H-pyrrole nitrogens is 1. The minimum Gasteiger partial charge on any atom is -0.408 e. The van der Waals surface area contributed by atoms with Gasteiger partial charge >= 0.3 is 5.76 Å². The maximum absolute atomic E-state index is 11.1. The van der Waals surface area contributed by atoms with Crippen molar-refractivity contribution in [1.29, 1.82) is 0 Å². The van der Waals surface area contributed by atoms with Crippen molar-refractivity contribution in [2.45, 2.75) is 5.38 Å². The van der Waals surface area contributed by atoms with E-state index in [-0.39, 0.29) is 5.38 Å². The zero-order chi connectivity index (χ0) is 12.7. The summed E-state index contributed by atoms with van der Waals surface area (Å²) in [6.07, 6.45) is 0. The Morgan fingerprint density at radius 2 is 2.17 bits per heavy atom. The Balaban J connectivity index is 2.05. The molecule has 1 atom stereocenters. The van der Waals surface area contributed by atoms with Gasteiger partial charge in [-0.2, -0.15) is 0 Å². The predicted octanol–water partition coefficient (Wildman–Crippen LogP) is 4.27. The van der Waals surface area contributed by atoms with Gasteiger partial charge in [0.15, 0.2) is 5.58 Å². The van der Waals surface area contributed by atoms with Crippen LogP contribution in [0.15, 0.2) is 42.6 Å². The topological polar surface area (TPSA) is 46.0 Å². The van der Waals surface area contributed by atoms with E-state index in [1.54, 1.807) is 23.5 Å². The zero-order valence-corrected chi connectivity index (χ0v) is 12.1. The van der Waals surface area contributed by atoms with E-state index in [1.807, 2.05) is 17.5 Å². The van der Waals surface area contributed by atoms with Gasteiger partial charge in [0.1, 0.15) is 0 Å². The number of halogens is 2. The SMILES string of the molecule is O=c1[nH]c2ccc(C(Cl)c3csc(Br)c3)cc2o1. The summed E-state index contributed by atoms with van der Waals surface area (Å²) in [6.45, 7) is 0. The third-order valence-corrected chi connectivity index (χ3v) is 4.64. The monoisotopic (exact) mass is 343 g/mol. The molecule has 0 bridgehead atoms. The first-order chi connectivity index (χ1) is 8.63. The van der Waals surface area contributed by atoms with Crippen molar-refractivity contribution in [2.75, 3.05) is 0 Å². The van der Waals surface area contributed by atoms with Gasteiger partial charge in [-0.1, -0.05) is 6.07 Å². The van der Waals surface area contributed by atoms with Crippen LogP contribution < -0.4 is 5.76 Å². The quantitative estimate of drug-likeness (QED) is 0.706. The van der Waals surface area contributed by atoms with Gasteiger partial charge in [-0.15, -0.1) is 22.9 Å². The molecule has 1 aromatic carbocycles. The van der Waals surface area contributed by atoms with Gasteiger partial charge in [0.05, 0.1) is 14.7 Å². The Labute approximate surface area is 120 Å². The number of hydrogen-bond donors (Lipinski definition) is 1. The van der Waals surface area contributed by atoms with Crippen LogP contribution in [0.5, 0.6) is 0 Å². The van der Waals surface area contributed by atoms with Crippen LogP contribution in [0, 0.1) is 0 Å². The van der Waals surface area contributed by atoms with Crippen LogP contribution in [-0.2, 0) is 0 Å². The Bertz CT molecular complexity index is 761. The fraction of sp³-hybridized carbons (Fsp3) is 0.0833. The Morgan fingerprint density at radius 3 is 2.89 bits per heavy atom. The molecule has 3 aromatic rings. The van der Waals surface area contributed by atoms with Crippen LogP contribution in [0.2, 0.25) is 0 Å². The van der Waals surface area contributed by atoms with Gasteiger partial charge in [-0.3, -0.25) is 4.98 Å². The van der Waals surface area contributed by atoms with Gasteiger partial charge in [0.25, 0.3) is 0 Å². The minimum atomic E-state index is -0.452. The van der Waals surface area contributed by atoms with Crippen molar-refractivity contribution in [1.82, 2.24) is 4.98 Å². The average Bonchev–Trinajstić information content (AvgIpc) is 2.92. The molecule has 6 heteroatoms. The molecule has 0 radical (unpaired) electrons. The third kappa shape index (κ3) is 2.13. The summed E-state index contributed by atoms with van der Waals surface area (Å²) in [5, 5.41) is 1.75. The summed E-state index contributed by atoms with van der Waals surface area (Å²) in [7, 11) is 0. The summed E-state index contributed by atoms with van der Waals surface area (Å²) in [4.78, 5) is 13.7. The first kappa shape index (κ1) is 12.0. The van der Waals surface area contributed by atoms with Crippen molar-refractivity contribution >= 4 is 50.0 Å². The molecule has 18 heavy (non-hydrogen) atoms. The van der Waals surface area contributed by atoms with Gasteiger partial charge in [-0.25, -0.2) is 4.79 Å². The second-order valence-electron chi connectivity index (χ2n) is 3.82. The lowest BCUT2D eigenvalue weighted by Gasteiger charge is -2.07. The van der Waals surface area contributed by atoms with Crippen molar-refractivity contribution in [3.63, 3.8) is 0 Å². The predicted molar refractivity (Wildman–Crippen MR) is 76.5 cm³/mol. The van der Waals surface area contributed by atoms with Gasteiger partial charge in [-0.05, 0) is 50.6 Å². The molecule has 3 rings (SSSR count). The van der Waals surface area contributed by atoms with Crippen molar-refractivity contribution in [3.8, 4) is 0 Å². The fourth-order valence-electron chi connectivity index (χ4n) is 1.77. The van der Waals surface area contributed by atoms with E-state index in [1.165, 1.54) is 0 Å². The van der Waals surface area contributed by atoms with Gasteiger partial charge in [0, 0.05) is 0 Å². The van der Waals surface area contributed by atoms with Gasteiger partial charge < -0.3 is 4.42 Å². The van der Waals surface area contributed by atoms with Gasteiger partial charge in [0.2, 0.25) is 0 Å². The lowest BCUT2D eigenvalue weighted by atomic mass is 10.1. The number of benzene rings is 1. The Morgan fingerprint density at radius 1 is 1.33 bits per heavy atom. The molecule has 3 nitrogen and oxygen atoms in total. The maximum Gasteiger partial charge on any atom is 0.417 e. The average molecular weight is 345 g/mol. The van der Waals surface area contributed by atoms with Crippen molar-refractivity contribution < 1.29 is 4.42 Å². The second kappa shape index (κ2) is 4.57. The molecular weight excluding hydrogens is 338 g/mol. The first-order valence-corrected chi connectivity index (χ1v) is 7.25. The van der Waals surface area contributed by atoms with E-state index < -0.39 is 5.76 Å². The molecule has 1 unspecified atom stereocenters. The number of alkyl halides is 1. The van der Waals surface area contributed by atoms with E-state index in [2.05, 4.69) is 20.9 Å². The molecule has 0 aliphatic heterocycles. The normalized spacial score (nSPS) is 13.0. The van der Waals surface area contributed by atoms with Crippen molar-refractivity contribution in [2.24, 2.45) is 0 Å².